The number of nitrogen functional groups attached to an aromatic ring is 1. The Hall–Kier alpha value is -2.25. The predicted molar refractivity (Wildman–Crippen MR) is 88.8 cm³/mol. The molecule has 22 heavy (non-hydrogen) atoms. The van der Waals surface area contributed by atoms with Crippen LogP contribution in [0.1, 0.15) is 17.0 Å². The maximum atomic E-state index is 5.95. The van der Waals surface area contributed by atoms with E-state index in [1.165, 1.54) is 5.56 Å². The second kappa shape index (κ2) is 6.25. The highest BCUT2D eigenvalue weighted by Gasteiger charge is 2.07. The summed E-state index contributed by atoms with van der Waals surface area (Å²) in [7, 11) is 1.60. The zero-order chi connectivity index (χ0) is 15.5. The summed E-state index contributed by atoms with van der Waals surface area (Å²) in [4.78, 5) is 13.0. The molecule has 0 radical (unpaired) electrons. The number of nitrogens with zero attached hydrogens (tertiary/aromatic N) is 3. The molecule has 0 atom stereocenters. The third-order valence-corrected chi connectivity index (χ3v) is 4.19. The van der Waals surface area contributed by atoms with Crippen LogP contribution >= 0.6 is 11.3 Å². The van der Waals surface area contributed by atoms with E-state index in [9.17, 15) is 0 Å². The van der Waals surface area contributed by atoms with Gasteiger partial charge in [-0.1, -0.05) is 17.4 Å². The van der Waals surface area contributed by atoms with Gasteiger partial charge in [0.2, 0.25) is 0 Å². The van der Waals surface area contributed by atoms with E-state index >= 15 is 0 Å². The largest absolute Gasteiger partial charge is 0.383 e. The average Bonchev–Trinajstić information content (AvgIpc) is 2.88. The number of ether oxygens (including phenoxy) is 1. The second-order valence-electron chi connectivity index (χ2n) is 4.97. The molecule has 3 rings (SSSR count). The highest BCUT2D eigenvalue weighted by Crippen LogP contribution is 2.27. The fourth-order valence-corrected chi connectivity index (χ4v) is 2.92. The number of hydrogen-bond acceptors (Lipinski definition) is 7. The fraction of sp³-hybridized carbons (Fsp3) is 0.267. The number of fused-ring (bicyclic) bond motifs is 1. The molecule has 0 saturated carbocycles. The molecule has 1 aromatic carbocycles. The molecular weight excluding hydrogens is 298 g/mol. The van der Waals surface area contributed by atoms with Crippen molar-refractivity contribution in [1.29, 1.82) is 0 Å². The summed E-state index contributed by atoms with van der Waals surface area (Å²) in [5.74, 6) is 1.05. The number of rotatable bonds is 5. The molecule has 3 N–H and O–H groups in total. The van der Waals surface area contributed by atoms with Crippen molar-refractivity contribution < 1.29 is 4.74 Å². The number of nitrogens with one attached hydrogen (secondary N) is 1. The Kier molecular flexibility index (Phi) is 4.17. The van der Waals surface area contributed by atoms with Crippen molar-refractivity contribution >= 4 is 32.5 Å². The van der Waals surface area contributed by atoms with Crippen LogP contribution < -0.4 is 11.1 Å². The maximum Gasteiger partial charge on any atom is 0.184 e. The van der Waals surface area contributed by atoms with E-state index in [0.29, 0.717) is 24.8 Å². The topological polar surface area (TPSA) is 86.0 Å². The number of hydrogen-bond donors (Lipinski definition) is 2. The minimum atomic E-state index is 0.356. The summed E-state index contributed by atoms with van der Waals surface area (Å²) in [6.07, 6.45) is 1.72. The number of methoxy groups -OCH3 is 1. The minimum Gasteiger partial charge on any atom is -0.383 e. The summed E-state index contributed by atoms with van der Waals surface area (Å²) in [6.45, 7) is 2.96. The summed E-state index contributed by atoms with van der Waals surface area (Å²) >= 11 is 1.62. The lowest BCUT2D eigenvalue weighted by atomic mass is 10.2. The number of aromatic nitrogens is 3. The quantitative estimate of drug-likeness (QED) is 0.753. The molecule has 0 bridgehead atoms. The zero-order valence-electron chi connectivity index (χ0n) is 12.5. The molecule has 0 aliphatic heterocycles. The number of anilines is 2. The Labute approximate surface area is 132 Å². The van der Waals surface area contributed by atoms with Gasteiger partial charge >= 0.3 is 0 Å². The van der Waals surface area contributed by atoms with Gasteiger partial charge in [0.1, 0.15) is 12.4 Å². The highest BCUT2D eigenvalue weighted by atomic mass is 32.1. The second-order valence-corrected chi connectivity index (χ2v) is 6.00. The summed E-state index contributed by atoms with van der Waals surface area (Å²) in [5.41, 5.74) is 9.00. The van der Waals surface area contributed by atoms with Crippen LogP contribution in [0.4, 0.5) is 10.9 Å². The van der Waals surface area contributed by atoms with Gasteiger partial charge in [0.05, 0.1) is 10.2 Å². The van der Waals surface area contributed by atoms with Crippen molar-refractivity contribution in [3.05, 3.63) is 41.3 Å². The third-order valence-electron chi connectivity index (χ3n) is 3.19. The van der Waals surface area contributed by atoms with Gasteiger partial charge < -0.3 is 15.8 Å². The summed E-state index contributed by atoms with van der Waals surface area (Å²) in [5, 5.41) is 4.14. The molecule has 0 aliphatic rings. The van der Waals surface area contributed by atoms with E-state index < -0.39 is 0 Å². The Morgan fingerprint density at radius 2 is 2.18 bits per heavy atom. The van der Waals surface area contributed by atoms with Gasteiger partial charge in [-0.2, -0.15) is 0 Å². The van der Waals surface area contributed by atoms with Crippen LogP contribution in [0.15, 0.2) is 24.4 Å². The summed E-state index contributed by atoms with van der Waals surface area (Å²) in [6, 6.07) is 6.25. The summed E-state index contributed by atoms with van der Waals surface area (Å²) < 4.78 is 6.15. The average molecular weight is 315 g/mol. The normalized spacial score (nSPS) is 11.0. The van der Waals surface area contributed by atoms with Crippen molar-refractivity contribution in [3.63, 3.8) is 0 Å². The van der Waals surface area contributed by atoms with Gasteiger partial charge in [-0.25, -0.2) is 15.0 Å². The number of benzene rings is 1. The monoisotopic (exact) mass is 315 g/mol. The van der Waals surface area contributed by atoms with Crippen LogP contribution in [0, 0.1) is 6.92 Å². The number of thiazole rings is 1. The lowest BCUT2D eigenvalue weighted by Crippen LogP contribution is -2.08. The van der Waals surface area contributed by atoms with Crippen LogP contribution in [-0.4, -0.2) is 22.1 Å². The Bertz CT molecular complexity index is 802. The van der Waals surface area contributed by atoms with Gasteiger partial charge in [-0.15, -0.1) is 0 Å². The molecular formula is C15H17N5OS. The molecule has 0 aliphatic carbocycles. The maximum absolute atomic E-state index is 5.95. The standard InChI is InChI=1S/C15H17N5OS/c1-9-3-4-12-11(5-9)19-15(22-12)18-7-10-6-17-13(8-21-2)20-14(10)16/h3-6H,7-8H2,1-2H3,(H,18,19)(H2,16,17,20). The van der Waals surface area contributed by atoms with E-state index in [-0.39, 0.29) is 0 Å². The first kappa shape index (κ1) is 14.7. The van der Waals surface area contributed by atoms with E-state index in [2.05, 4.69) is 45.4 Å². The first-order valence-corrected chi connectivity index (χ1v) is 7.67. The van der Waals surface area contributed by atoms with E-state index in [1.54, 1.807) is 24.6 Å². The minimum absolute atomic E-state index is 0.356. The van der Waals surface area contributed by atoms with Crippen LogP contribution in [0.2, 0.25) is 0 Å². The van der Waals surface area contributed by atoms with Crippen molar-refractivity contribution in [2.24, 2.45) is 0 Å². The van der Waals surface area contributed by atoms with Crippen LogP contribution in [-0.2, 0) is 17.9 Å². The van der Waals surface area contributed by atoms with Crippen LogP contribution in [0.3, 0.4) is 0 Å². The first-order chi connectivity index (χ1) is 10.7. The molecule has 7 heteroatoms. The van der Waals surface area contributed by atoms with E-state index in [4.69, 9.17) is 10.5 Å². The highest BCUT2D eigenvalue weighted by molar-refractivity contribution is 7.22. The van der Waals surface area contributed by atoms with Gasteiger partial charge in [0.15, 0.2) is 11.0 Å². The van der Waals surface area contributed by atoms with E-state index in [1.807, 2.05) is 0 Å². The molecule has 0 saturated heterocycles. The van der Waals surface area contributed by atoms with E-state index in [0.717, 1.165) is 20.9 Å². The molecule has 0 fully saturated rings. The first-order valence-electron chi connectivity index (χ1n) is 6.86. The lowest BCUT2D eigenvalue weighted by Gasteiger charge is -2.06. The molecule has 3 aromatic rings. The van der Waals surface area contributed by atoms with Gasteiger partial charge in [0.25, 0.3) is 0 Å². The van der Waals surface area contributed by atoms with Gasteiger partial charge in [0, 0.05) is 25.4 Å². The van der Waals surface area contributed by atoms with Crippen molar-refractivity contribution in [2.75, 3.05) is 18.2 Å². The Morgan fingerprint density at radius 3 is 2.95 bits per heavy atom. The fourth-order valence-electron chi connectivity index (χ4n) is 2.08. The SMILES string of the molecule is COCc1ncc(CNc2nc3cc(C)ccc3s2)c(N)n1. The van der Waals surface area contributed by atoms with Crippen molar-refractivity contribution in [2.45, 2.75) is 20.1 Å². The van der Waals surface area contributed by atoms with Gasteiger partial charge in [-0.05, 0) is 24.6 Å². The Morgan fingerprint density at radius 1 is 1.32 bits per heavy atom. The molecule has 114 valence electrons. The van der Waals surface area contributed by atoms with Gasteiger partial charge in [-0.3, -0.25) is 0 Å². The van der Waals surface area contributed by atoms with Crippen LogP contribution in [0.25, 0.3) is 10.2 Å². The molecule has 6 nitrogen and oxygen atoms in total. The predicted octanol–water partition coefficient (Wildman–Crippen LogP) is 2.74. The molecule has 2 aromatic heterocycles. The Balaban J connectivity index is 1.73. The molecule has 2 heterocycles. The van der Waals surface area contributed by atoms with Crippen LogP contribution in [0.5, 0.6) is 0 Å². The molecule has 0 unspecified atom stereocenters. The third kappa shape index (κ3) is 3.15. The molecule has 0 spiro atoms. The lowest BCUT2D eigenvalue weighted by molar-refractivity contribution is 0.178. The number of aryl methyl sites for hydroxylation is 1. The van der Waals surface area contributed by atoms with Crippen molar-refractivity contribution in [3.8, 4) is 0 Å². The smallest absolute Gasteiger partial charge is 0.184 e. The number of nitrogens with two attached hydrogens (primary N) is 1. The zero-order valence-corrected chi connectivity index (χ0v) is 13.3. The molecule has 0 amide bonds. The van der Waals surface area contributed by atoms with Crippen molar-refractivity contribution in [1.82, 2.24) is 15.0 Å².